The molecule has 2 rings (SSSR count). The van der Waals surface area contributed by atoms with E-state index < -0.39 is 17.4 Å². The highest BCUT2D eigenvalue weighted by Gasteiger charge is 2.51. The third-order valence-electron chi connectivity index (χ3n) is 2.95. The fourth-order valence-corrected chi connectivity index (χ4v) is 1.64. The van der Waals surface area contributed by atoms with Crippen LogP contribution in [0.5, 0.6) is 11.5 Å². The molecule has 0 spiro atoms. The molecule has 0 radical (unpaired) electrons. The van der Waals surface area contributed by atoms with E-state index in [4.69, 9.17) is 9.84 Å². The third kappa shape index (κ3) is 2.09. The molecule has 0 aromatic heterocycles. The number of carbonyl (C=O) groups excluding carboxylic acids is 1. The summed E-state index contributed by atoms with van der Waals surface area (Å²) in [5.41, 5.74) is -0.937. The molecule has 96 valence electrons. The lowest BCUT2D eigenvalue weighted by atomic mass is 10.1. The first-order chi connectivity index (χ1) is 8.48. The molecule has 0 atom stereocenters. The van der Waals surface area contributed by atoms with E-state index in [9.17, 15) is 14.7 Å². The van der Waals surface area contributed by atoms with Gasteiger partial charge in [0.1, 0.15) is 5.54 Å². The molecule has 0 aliphatic heterocycles. The van der Waals surface area contributed by atoms with Crippen LogP contribution in [0.1, 0.15) is 23.2 Å². The van der Waals surface area contributed by atoms with Crippen LogP contribution in [-0.4, -0.2) is 34.7 Å². The van der Waals surface area contributed by atoms with Crippen molar-refractivity contribution >= 4 is 11.9 Å². The number of aromatic hydroxyl groups is 1. The zero-order valence-electron chi connectivity index (χ0n) is 9.77. The smallest absolute Gasteiger partial charge is 0.329 e. The summed E-state index contributed by atoms with van der Waals surface area (Å²) in [5, 5.41) is 21.0. The van der Waals surface area contributed by atoms with Crippen LogP contribution in [-0.2, 0) is 4.79 Å². The third-order valence-corrected chi connectivity index (χ3v) is 2.95. The van der Waals surface area contributed by atoms with Crippen molar-refractivity contribution in [3.8, 4) is 11.5 Å². The molecular weight excluding hydrogens is 238 g/mol. The Balaban J connectivity index is 2.15. The van der Waals surface area contributed by atoms with Crippen LogP contribution in [0.4, 0.5) is 0 Å². The number of nitrogens with one attached hydrogen (secondary N) is 1. The maximum atomic E-state index is 11.8. The maximum Gasteiger partial charge on any atom is 0.329 e. The summed E-state index contributed by atoms with van der Waals surface area (Å²) in [7, 11) is 1.40. The van der Waals surface area contributed by atoms with Crippen molar-refractivity contribution in [3.63, 3.8) is 0 Å². The van der Waals surface area contributed by atoms with Gasteiger partial charge in [0.15, 0.2) is 11.5 Å². The fourth-order valence-electron chi connectivity index (χ4n) is 1.64. The molecule has 3 N–H and O–H groups in total. The number of methoxy groups -OCH3 is 1. The predicted octanol–water partition coefficient (Wildman–Crippen LogP) is 0.748. The minimum absolute atomic E-state index is 0.162. The molecule has 1 aromatic rings. The first kappa shape index (κ1) is 12.2. The summed E-state index contributed by atoms with van der Waals surface area (Å²) in [5.74, 6) is -1.46. The number of phenolic OH excluding ortho intramolecular Hbond substituents is 1. The van der Waals surface area contributed by atoms with E-state index >= 15 is 0 Å². The van der Waals surface area contributed by atoms with Crippen molar-refractivity contribution in [2.45, 2.75) is 18.4 Å². The van der Waals surface area contributed by atoms with Crippen molar-refractivity contribution in [2.24, 2.45) is 0 Å². The molecule has 1 saturated carbocycles. The Kier molecular flexibility index (Phi) is 2.86. The molecule has 1 aliphatic rings. The zero-order valence-corrected chi connectivity index (χ0v) is 9.77. The molecular formula is C12H13NO5. The molecule has 6 nitrogen and oxygen atoms in total. The number of carboxylic acids is 1. The number of benzene rings is 1. The van der Waals surface area contributed by atoms with Crippen molar-refractivity contribution in [3.05, 3.63) is 23.8 Å². The van der Waals surface area contributed by atoms with Crippen molar-refractivity contribution in [1.82, 2.24) is 5.32 Å². The quantitative estimate of drug-likeness (QED) is 0.733. The Labute approximate surface area is 103 Å². The van der Waals surface area contributed by atoms with Gasteiger partial charge < -0.3 is 20.3 Å². The monoisotopic (exact) mass is 251 g/mol. The number of hydrogen-bond acceptors (Lipinski definition) is 4. The minimum Gasteiger partial charge on any atom is -0.504 e. The number of aliphatic carboxylic acids is 1. The van der Waals surface area contributed by atoms with Crippen LogP contribution in [0.15, 0.2) is 18.2 Å². The largest absolute Gasteiger partial charge is 0.504 e. The van der Waals surface area contributed by atoms with Gasteiger partial charge >= 0.3 is 5.97 Å². The summed E-state index contributed by atoms with van der Waals surface area (Å²) in [6.45, 7) is 0. The van der Waals surface area contributed by atoms with Crippen LogP contribution in [0.25, 0.3) is 0 Å². The Bertz CT molecular complexity index is 507. The summed E-state index contributed by atoms with van der Waals surface area (Å²) >= 11 is 0. The van der Waals surface area contributed by atoms with Crippen molar-refractivity contribution in [2.75, 3.05) is 7.11 Å². The Hall–Kier alpha value is -2.24. The summed E-state index contributed by atoms with van der Waals surface area (Å²) in [4.78, 5) is 22.8. The van der Waals surface area contributed by atoms with Crippen LogP contribution in [0.2, 0.25) is 0 Å². The van der Waals surface area contributed by atoms with E-state index in [-0.39, 0.29) is 17.1 Å². The first-order valence-electron chi connectivity index (χ1n) is 5.41. The summed E-state index contributed by atoms with van der Waals surface area (Å²) in [6.07, 6.45) is 0.854. The lowest BCUT2D eigenvalue weighted by molar-refractivity contribution is -0.140. The number of phenols is 1. The standard InChI is InChI=1S/C12H13NO5/c1-18-9-3-2-7(6-8(9)14)10(15)13-12(4-5-12)11(16)17/h2-3,6,14H,4-5H2,1H3,(H,13,15)(H,16,17). The minimum atomic E-state index is -1.13. The summed E-state index contributed by atoms with van der Waals surface area (Å²) in [6, 6.07) is 4.16. The van der Waals surface area contributed by atoms with Crippen LogP contribution in [0, 0.1) is 0 Å². The maximum absolute atomic E-state index is 11.8. The van der Waals surface area contributed by atoms with Gasteiger partial charge in [-0.1, -0.05) is 0 Å². The molecule has 1 fully saturated rings. The van der Waals surface area contributed by atoms with Gasteiger partial charge in [-0.25, -0.2) is 4.79 Å². The van der Waals surface area contributed by atoms with Gasteiger partial charge in [-0.15, -0.1) is 0 Å². The zero-order chi connectivity index (χ0) is 13.3. The topological polar surface area (TPSA) is 95.9 Å². The van der Waals surface area contributed by atoms with Gasteiger partial charge in [-0.3, -0.25) is 4.79 Å². The highest BCUT2D eigenvalue weighted by atomic mass is 16.5. The molecule has 0 bridgehead atoms. The van der Waals surface area contributed by atoms with Gasteiger partial charge in [0.2, 0.25) is 0 Å². The Morgan fingerprint density at radius 1 is 1.39 bits per heavy atom. The molecule has 0 heterocycles. The normalized spacial score (nSPS) is 15.8. The van der Waals surface area contributed by atoms with Gasteiger partial charge in [0.25, 0.3) is 5.91 Å². The number of rotatable bonds is 4. The van der Waals surface area contributed by atoms with E-state index in [1.165, 1.54) is 25.3 Å². The van der Waals surface area contributed by atoms with E-state index in [1.807, 2.05) is 0 Å². The molecule has 1 amide bonds. The summed E-state index contributed by atoms with van der Waals surface area (Å²) < 4.78 is 4.86. The second-order valence-corrected chi connectivity index (χ2v) is 4.23. The molecule has 18 heavy (non-hydrogen) atoms. The number of hydrogen-bond donors (Lipinski definition) is 3. The van der Waals surface area contributed by atoms with Crippen molar-refractivity contribution in [1.29, 1.82) is 0 Å². The second kappa shape index (κ2) is 4.21. The van der Waals surface area contributed by atoms with E-state index in [0.717, 1.165) is 0 Å². The lowest BCUT2D eigenvalue weighted by Crippen LogP contribution is -2.43. The van der Waals surface area contributed by atoms with Crippen LogP contribution >= 0.6 is 0 Å². The molecule has 6 heteroatoms. The molecule has 1 aliphatic carbocycles. The van der Waals surface area contributed by atoms with E-state index in [2.05, 4.69) is 5.32 Å². The number of ether oxygens (including phenoxy) is 1. The average Bonchev–Trinajstić information content (AvgIpc) is 3.10. The number of amides is 1. The fraction of sp³-hybridized carbons (Fsp3) is 0.333. The number of carboxylic acid groups (broad SMARTS) is 1. The average molecular weight is 251 g/mol. The van der Waals surface area contributed by atoms with Crippen LogP contribution < -0.4 is 10.1 Å². The predicted molar refractivity (Wildman–Crippen MR) is 61.7 cm³/mol. The first-order valence-corrected chi connectivity index (χ1v) is 5.41. The van der Waals surface area contributed by atoms with Crippen molar-refractivity contribution < 1.29 is 24.5 Å². The lowest BCUT2D eigenvalue weighted by Gasteiger charge is -2.13. The number of carbonyl (C=O) groups is 2. The highest BCUT2D eigenvalue weighted by molar-refractivity contribution is 5.99. The Morgan fingerprint density at radius 3 is 2.50 bits per heavy atom. The SMILES string of the molecule is COc1ccc(C(=O)NC2(C(=O)O)CC2)cc1O. The Morgan fingerprint density at radius 2 is 2.06 bits per heavy atom. The van der Waals surface area contributed by atoms with Gasteiger partial charge in [0.05, 0.1) is 7.11 Å². The van der Waals surface area contributed by atoms with Gasteiger partial charge in [-0.2, -0.15) is 0 Å². The van der Waals surface area contributed by atoms with Gasteiger partial charge in [0, 0.05) is 5.56 Å². The molecule has 1 aromatic carbocycles. The van der Waals surface area contributed by atoms with Crippen LogP contribution in [0.3, 0.4) is 0 Å². The highest BCUT2D eigenvalue weighted by Crippen LogP contribution is 2.36. The van der Waals surface area contributed by atoms with E-state index in [1.54, 1.807) is 0 Å². The van der Waals surface area contributed by atoms with Gasteiger partial charge in [-0.05, 0) is 31.0 Å². The van der Waals surface area contributed by atoms with E-state index in [0.29, 0.717) is 12.8 Å². The second-order valence-electron chi connectivity index (χ2n) is 4.23. The molecule has 0 unspecified atom stereocenters. The molecule has 0 saturated heterocycles.